The van der Waals surface area contributed by atoms with Crippen LogP contribution in [0.3, 0.4) is 0 Å². The Labute approximate surface area is 126 Å². The van der Waals surface area contributed by atoms with Gasteiger partial charge in [-0.1, -0.05) is 49.3 Å². The minimum Gasteiger partial charge on any atom is -0.389 e. The summed E-state index contributed by atoms with van der Waals surface area (Å²) in [6.07, 6.45) is 4.09. The van der Waals surface area contributed by atoms with Crippen molar-refractivity contribution in [1.82, 2.24) is 4.31 Å². The van der Waals surface area contributed by atoms with Crippen LogP contribution in [0.4, 0.5) is 0 Å². The third kappa shape index (κ3) is 3.77. The first-order valence-corrected chi connectivity index (χ1v) is 8.88. The van der Waals surface area contributed by atoms with Crippen molar-refractivity contribution in [2.75, 3.05) is 13.1 Å². The number of hydrogen-bond acceptors (Lipinski definition) is 3. The molecule has 1 aliphatic rings. The lowest BCUT2D eigenvalue weighted by molar-refractivity contribution is 0.423. The van der Waals surface area contributed by atoms with Gasteiger partial charge in [-0.3, -0.25) is 0 Å². The fourth-order valence-electron chi connectivity index (χ4n) is 2.49. The maximum absolute atomic E-state index is 12.5. The largest absolute Gasteiger partial charge is 0.389 e. The van der Waals surface area contributed by atoms with Gasteiger partial charge in [-0.05, 0) is 18.4 Å². The second-order valence-corrected chi connectivity index (χ2v) is 7.50. The summed E-state index contributed by atoms with van der Waals surface area (Å²) in [5.41, 5.74) is 7.00. The number of nitrogens with two attached hydrogens (primary N) is 1. The summed E-state index contributed by atoms with van der Waals surface area (Å²) < 4.78 is 26.7. The van der Waals surface area contributed by atoms with E-state index in [1.54, 1.807) is 16.4 Å². The molecule has 110 valence electrons. The van der Waals surface area contributed by atoms with E-state index in [9.17, 15) is 8.42 Å². The lowest BCUT2D eigenvalue weighted by Crippen LogP contribution is -2.33. The standard InChI is InChI=1S/C14H20N2O2S2/c15-14(19)13-8-4-3-7-12(13)11-20(17,18)16-9-5-1-2-6-10-16/h3-4,7-8H,1-2,5-6,9-11H2,(H2,15,19). The van der Waals surface area contributed by atoms with Crippen LogP contribution in [0.1, 0.15) is 36.8 Å². The smallest absolute Gasteiger partial charge is 0.218 e. The fourth-order valence-corrected chi connectivity index (χ4v) is 4.34. The topological polar surface area (TPSA) is 63.4 Å². The van der Waals surface area contributed by atoms with Gasteiger partial charge in [0.2, 0.25) is 10.0 Å². The van der Waals surface area contributed by atoms with Crippen molar-refractivity contribution in [3.8, 4) is 0 Å². The van der Waals surface area contributed by atoms with E-state index in [1.807, 2.05) is 12.1 Å². The molecule has 1 aromatic rings. The summed E-state index contributed by atoms with van der Waals surface area (Å²) >= 11 is 4.99. The molecule has 1 fully saturated rings. The maximum atomic E-state index is 12.5. The van der Waals surface area contributed by atoms with E-state index in [2.05, 4.69) is 0 Å². The van der Waals surface area contributed by atoms with E-state index >= 15 is 0 Å². The zero-order valence-corrected chi connectivity index (χ0v) is 13.0. The minimum absolute atomic E-state index is 0.0273. The summed E-state index contributed by atoms with van der Waals surface area (Å²) in [5.74, 6) is -0.0273. The highest BCUT2D eigenvalue weighted by molar-refractivity contribution is 7.88. The number of benzene rings is 1. The predicted molar refractivity (Wildman–Crippen MR) is 85.0 cm³/mol. The van der Waals surface area contributed by atoms with Crippen LogP contribution in [0, 0.1) is 0 Å². The molecular formula is C14H20N2O2S2. The fraction of sp³-hybridized carbons (Fsp3) is 0.500. The summed E-state index contributed by atoms with van der Waals surface area (Å²) in [6.45, 7) is 1.25. The van der Waals surface area contributed by atoms with Crippen LogP contribution in [0.25, 0.3) is 0 Å². The molecule has 0 unspecified atom stereocenters. The highest BCUT2D eigenvalue weighted by atomic mass is 32.2. The SMILES string of the molecule is NC(=S)c1ccccc1CS(=O)(=O)N1CCCCCC1. The third-order valence-electron chi connectivity index (χ3n) is 3.58. The molecule has 20 heavy (non-hydrogen) atoms. The molecule has 1 aliphatic heterocycles. The number of rotatable bonds is 4. The molecule has 1 aromatic carbocycles. The number of sulfonamides is 1. The summed E-state index contributed by atoms with van der Waals surface area (Å²) in [7, 11) is -3.30. The van der Waals surface area contributed by atoms with Crippen molar-refractivity contribution >= 4 is 27.2 Å². The quantitative estimate of drug-likeness (QED) is 0.864. The van der Waals surface area contributed by atoms with Crippen LogP contribution in [0.2, 0.25) is 0 Å². The molecule has 0 amide bonds. The molecule has 1 heterocycles. The van der Waals surface area contributed by atoms with Crippen molar-refractivity contribution in [1.29, 1.82) is 0 Å². The molecule has 4 nitrogen and oxygen atoms in total. The zero-order valence-electron chi connectivity index (χ0n) is 11.4. The molecule has 0 radical (unpaired) electrons. The molecule has 1 saturated heterocycles. The van der Waals surface area contributed by atoms with Gasteiger partial charge in [0.15, 0.2) is 0 Å². The van der Waals surface area contributed by atoms with E-state index in [0.717, 1.165) is 25.7 Å². The van der Waals surface area contributed by atoms with Gasteiger partial charge >= 0.3 is 0 Å². The zero-order chi connectivity index (χ0) is 14.6. The highest BCUT2D eigenvalue weighted by Gasteiger charge is 2.24. The van der Waals surface area contributed by atoms with Gasteiger partial charge in [0, 0.05) is 18.7 Å². The molecule has 0 aromatic heterocycles. The Kier molecular flexibility index (Phi) is 5.12. The Morgan fingerprint density at radius 2 is 1.75 bits per heavy atom. The molecule has 0 aliphatic carbocycles. The van der Waals surface area contributed by atoms with Crippen LogP contribution >= 0.6 is 12.2 Å². The number of hydrogen-bond donors (Lipinski definition) is 1. The number of nitrogens with zero attached hydrogens (tertiary/aromatic N) is 1. The normalized spacial score (nSPS) is 17.6. The van der Waals surface area contributed by atoms with Crippen LogP contribution in [0.5, 0.6) is 0 Å². The molecule has 2 N–H and O–H groups in total. The lowest BCUT2D eigenvalue weighted by atomic mass is 10.1. The van der Waals surface area contributed by atoms with Crippen molar-refractivity contribution < 1.29 is 8.42 Å². The van der Waals surface area contributed by atoms with E-state index in [-0.39, 0.29) is 10.7 Å². The summed E-state index contributed by atoms with van der Waals surface area (Å²) in [6, 6.07) is 7.19. The molecule has 0 saturated carbocycles. The molecule has 0 spiro atoms. The van der Waals surface area contributed by atoms with Crippen LogP contribution in [-0.2, 0) is 15.8 Å². The van der Waals surface area contributed by atoms with Crippen LogP contribution in [0.15, 0.2) is 24.3 Å². The van der Waals surface area contributed by atoms with E-state index in [1.165, 1.54) is 0 Å². The van der Waals surface area contributed by atoms with E-state index in [4.69, 9.17) is 18.0 Å². The Balaban J connectivity index is 2.21. The van der Waals surface area contributed by atoms with Gasteiger partial charge in [0.05, 0.1) is 5.75 Å². The Morgan fingerprint density at radius 1 is 1.15 bits per heavy atom. The monoisotopic (exact) mass is 312 g/mol. The lowest BCUT2D eigenvalue weighted by Gasteiger charge is -2.20. The van der Waals surface area contributed by atoms with Crippen LogP contribution < -0.4 is 5.73 Å². The highest BCUT2D eigenvalue weighted by Crippen LogP contribution is 2.19. The molecule has 2 rings (SSSR count). The van der Waals surface area contributed by atoms with Crippen molar-refractivity contribution in [2.45, 2.75) is 31.4 Å². The average molecular weight is 312 g/mol. The van der Waals surface area contributed by atoms with Crippen LogP contribution in [-0.4, -0.2) is 30.8 Å². The van der Waals surface area contributed by atoms with E-state index < -0.39 is 10.0 Å². The van der Waals surface area contributed by atoms with Gasteiger partial charge < -0.3 is 5.73 Å². The predicted octanol–water partition coefficient (Wildman–Crippen LogP) is 2.03. The first-order valence-electron chi connectivity index (χ1n) is 6.86. The molecule has 0 atom stereocenters. The Bertz CT molecular complexity index is 577. The van der Waals surface area contributed by atoms with Gasteiger partial charge in [-0.15, -0.1) is 0 Å². The minimum atomic E-state index is -3.30. The van der Waals surface area contributed by atoms with Crippen molar-refractivity contribution in [3.63, 3.8) is 0 Å². The summed E-state index contributed by atoms with van der Waals surface area (Å²) in [4.78, 5) is 0.242. The van der Waals surface area contributed by atoms with Crippen molar-refractivity contribution in [2.24, 2.45) is 5.73 Å². The average Bonchev–Trinajstić information content (AvgIpc) is 2.68. The first-order chi connectivity index (χ1) is 9.50. The second-order valence-electron chi connectivity index (χ2n) is 5.09. The first kappa shape index (κ1) is 15.4. The van der Waals surface area contributed by atoms with Gasteiger partial charge in [-0.2, -0.15) is 0 Å². The van der Waals surface area contributed by atoms with Crippen molar-refractivity contribution in [3.05, 3.63) is 35.4 Å². The molecular weight excluding hydrogens is 292 g/mol. The molecule has 0 bridgehead atoms. The second kappa shape index (κ2) is 6.65. The maximum Gasteiger partial charge on any atom is 0.218 e. The van der Waals surface area contributed by atoms with Gasteiger partial charge in [-0.25, -0.2) is 12.7 Å². The number of thiocarbonyl (C=S) groups is 1. The van der Waals surface area contributed by atoms with Gasteiger partial charge in [0.25, 0.3) is 0 Å². The third-order valence-corrected chi connectivity index (χ3v) is 5.63. The Morgan fingerprint density at radius 3 is 2.35 bits per heavy atom. The molecule has 6 heteroatoms. The van der Waals surface area contributed by atoms with Gasteiger partial charge in [0.1, 0.15) is 4.99 Å². The van der Waals surface area contributed by atoms with E-state index in [0.29, 0.717) is 24.2 Å². The summed E-state index contributed by atoms with van der Waals surface area (Å²) in [5, 5.41) is 0. The Hall–Kier alpha value is -0.980.